The van der Waals surface area contributed by atoms with Crippen molar-refractivity contribution in [3.05, 3.63) is 54.6 Å². The third-order valence-corrected chi connectivity index (χ3v) is 3.64. The third kappa shape index (κ3) is 4.59. The van der Waals surface area contributed by atoms with Gasteiger partial charge in [0.05, 0.1) is 5.69 Å². The molecule has 0 aliphatic carbocycles. The number of hydrogen-bond donors (Lipinski definition) is 2. The van der Waals surface area contributed by atoms with Gasteiger partial charge in [-0.15, -0.1) is 5.11 Å². The molecule has 0 bridgehead atoms. The second-order valence-corrected chi connectivity index (χ2v) is 5.81. The first-order valence-corrected chi connectivity index (χ1v) is 7.84. The number of carboxylic acid groups (broad SMARTS) is 1. The van der Waals surface area contributed by atoms with Crippen molar-refractivity contribution in [3.8, 4) is 0 Å². The standard InChI is InChI=1S/C14H13N3O5S/c18-14(19)10-17(11-6-2-1-3-7-11)16-15-12-8-4-5-9-13(12)23(20,21)22/h1-9H,10H2,(H,18,19)(H,20,21,22). The van der Waals surface area contributed by atoms with Crippen LogP contribution in [0.25, 0.3) is 0 Å². The number of anilines is 1. The minimum absolute atomic E-state index is 0.0960. The van der Waals surface area contributed by atoms with Crippen molar-refractivity contribution in [2.75, 3.05) is 11.6 Å². The first kappa shape index (κ1) is 16.6. The molecule has 2 aromatic carbocycles. The summed E-state index contributed by atoms with van der Waals surface area (Å²) in [4.78, 5) is 10.5. The molecule has 0 saturated heterocycles. The van der Waals surface area contributed by atoms with Crippen LogP contribution in [0.15, 0.2) is 69.8 Å². The fourth-order valence-electron chi connectivity index (χ4n) is 1.76. The summed E-state index contributed by atoms with van der Waals surface area (Å²) in [6, 6.07) is 13.9. The summed E-state index contributed by atoms with van der Waals surface area (Å²) < 4.78 is 31.7. The molecule has 0 aliphatic rings. The molecule has 0 aromatic heterocycles. The number of nitrogens with zero attached hydrogens (tertiary/aromatic N) is 3. The maximum absolute atomic E-state index is 11.3. The molecule has 9 heteroatoms. The molecule has 120 valence electrons. The number of benzene rings is 2. The fraction of sp³-hybridized carbons (Fsp3) is 0.0714. The average molecular weight is 335 g/mol. The smallest absolute Gasteiger partial charge is 0.325 e. The molecule has 2 N–H and O–H groups in total. The molecule has 8 nitrogen and oxygen atoms in total. The van der Waals surface area contributed by atoms with Crippen molar-refractivity contribution >= 4 is 27.5 Å². The molecular weight excluding hydrogens is 322 g/mol. The topological polar surface area (TPSA) is 120 Å². The molecule has 0 spiro atoms. The van der Waals surface area contributed by atoms with Crippen LogP contribution in [0.2, 0.25) is 0 Å². The summed E-state index contributed by atoms with van der Waals surface area (Å²) in [5, 5.41) is 17.6. The summed E-state index contributed by atoms with van der Waals surface area (Å²) in [6.07, 6.45) is 0. The quantitative estimate of drug-likeness (QED) is 0.475. The van der Waals surface area contributed by atoms with Crippen LogP contribution in [0, 0.1) is 0 Å². The lowest BCUT2D eigenvalue weighted by Gasteiger charge is -2.15. The Morgan fingerprint density at radius 2 is 1.65 bits per heavy atom. The minimum atomic E-state index is -4.46. The van der Waals surface area contributed by atoms with E-state index in [9.17, 15) is 13.2 Å². The van der Waals surface area contributed by atoms with Crippen LogP contribution in [0.4, 0.5) is 11.4 Å². The third-order valence-electron chi connectivity index (χ3n) is 2.74. The Balaban J connectivity index is 2.37. The van der Waals surface area contributed by atoms with Gasteiger partial charge in [0, 0.05) is 0 Å². The van der Waals surface area contributed by atoms with E-state index in [2.05, 4.69) is 10.3 Å². The molecule has 0 atom stereocenters. The molecule has 0 fully saturated rings. The second-order valence-electron chi connectivity index (χ2n) is 4.42. The normalized spacial score (nSPS) is 11.5. The van der Waals surface area contributed by atoms with Gasteiger partial charge in [-0.1, -0.05) is 35.6 Å². The van der Waals surface area contributed by atoms with Gasteiger partial charge in [-0.05, 0) is 24.3 Å². The highest BCUT2D eigenvalue weighted by atomic mass is 32.2. The van der Waals surface area contributed by atoms with Crippen LogP contribution >= 0.6 is 0 Å². The van der Waals surface area contributed by atoms with Crippen LogP contribution < -0.4 is 5.01 Å². The Kier molecular flexibility index (Phi) is 5.04. The SMILES string of the molecule is O=C(O)CN(N=Nc1ccccc1S(=O)(=O)O)c1ccccc1. The van der Waals surface area contributed by atoms with Crippen molar-refractivity contribution in [3.63, 3.8) is 0 Å². The van der Waals surface area contributed by atoms with Gasteiger partial charge in [-0.25, -0.2) is 5.01 Å². The van der Waals surface area contributed by atoms with Crippen molar-refractivity contribution < 1.29 is 22.9 Å². The highest BCUT2D eigenvalue weighted by Crippen LogP contribution is 2.25. The van der Waals surface area contributed by atoms with Crippen molar-refractivity contribution in [1.29, 1.82) is 0 Å². The maximum Gasteiger partial charge on any atom is 0.325 e. The Bertz CT molecular complexity index is 821. The number of carboxylic acids is 1. The van der Waals surface area contributed by atoms with E-state index in [1.807, 2.05) is 0 Å². The second kappa shape index (κ2) is 6.99. The van der Waals surface area contributed by atoms with Gasteiger partial charge in [0.15, 0.2) is 0 Å². The molecule has 2 aromatic rings. The lowest BCUT2D eigenvalue weighted by molar-refractivity contribution is -0.135. The maximum atomic E-state index is 11.3. The summed E-state index contributed by atoms with van der Waals surface area (Å²) in [7, 11) is -4.46. The summed E-state index contributed by atoms with van der Waals surface area (Å²) in [5.41, 5.74) is 0.379. The van der Waals surface area contributed by atoms with Crippen molar-refractivity contribution in [2.24, 2.45) is 10.3 Å². The molecule has 0 aliphatic heterocycles. The van der Waals surface area contributed by atoms with E-state index in [0.717, 1.165) is 5.01 Å². The number of rotatable bonds is 6. The van der Waals surface area contributed by atoms with Crippen molar-refractivity contribution in [1.82, 2.24) is 0 Å². The monoisotopic (exact) mass is 335 g/mol. The number of aliphatic carboxylic acids is 1. The number of para-hydroxylation sites is 1. The average Bonchev–Trinajstić information content (AvgIpc) is 2.51. The van der Waals surface area contributed by atoms with Crippen LogP contribution in [0.1, 0.15) is 0 Å². The van der Waals surface area contributed by atoms with Gasteiger partial charge in [0.25, 0.3) is 10.1 Å². The van der Waals surface area contributed by atoms with E-state index in [-0.39, 0.29) is 5.69 Å². The van der Waals surface area contributed by atoms with E-state index in [4.69, 9.17) is 9.66 Å². The predicted molar refractivity (Wildman–Crippen MR) is 82.2 cm³/mol. The largest absolute Gasteiger partial charge is 0.480 e. The molecule has 0 radical (unpaired) electrons. The van der Waals surface area contributed by atoms with Crippen LogP contribution in [-0.2, 0) is 14.9 Å². The van der Waals surface area contributed by atoms with Crippen LogP contribution in [0.3, 0.4) is 0 Å². The van der Waals surface area contributed by atoms with Gasteiger partial charge >= 0.3 is 5.97 Å². The summed E-state index contributed by atoms with van der Waals surface area (Å²) >= 11 is 0. The first-order chi connectivity index (χ1) is 10.9. The van der Waals surface area contributed by atoms with E-state index in [0.29, 0.717) is 5.69 Å². The number of hydrogen-bond acceptors (Lipinski definition) is 5. The van der Waals surface area contributed by atoms with Crippen LogP contribution in [0.5, 0.6) is 0 Å². The van der Waals surface area contributed by atoms with Gasteiger partial charge in [-0.2, -0.15) is 8.42 Å². The van der Waals surface area contributed by atoms with E-state index < -0.39 is 27.5 Å². The molecule has 0 saturated carbocycles. The molecule has 0 heterocycles. The van der Waals surface area contributed by atoms with Gasteiger partial charge in [0.2, 0.25) is 0 Å². The van der Waals surface area contributed by atoms with Crippen molar-refractivity contribution in [2.45, 2.75) is 4.90 Å². The lowest BCUT2D eigenvalue weighted by Crippen LogP contribution is -2.23. The Hall–Kier alpha value is -2.78. The molecule has 0 amide bonds. The Morgan fingerprint density at radius 1 is 1.04 bits per heavy atom. The first-order valence-electron chi connectivity index (χ1n) is 6.40. The molecule has 2 rings (SSSR count). The lowest BCUT2D eigenvalue weighted by atomic mass is 10.3. The minimum Gasteiger partial charge on any atom is -0.480 e. The van der Waals surface area contributed by atoms with E-state index in [1.165, 1.54) is 24.3 Å². The summed E-state index contributed by atoms with van der Waals surface area (Å²) in [5.74, 6) is -1.13. The summed E-state index contributed by atoms with van der Waals surface area (Å²) in [6.45, 7) is -0.457. The van der Waals surface area contributed by atoms with Gasteiger partial charge < -0.3 is 5.11 Å². The highest BCUT2D eigenvalue weighted by molar-refractivity contribution is 7.86. The zero-order valence-electron chi connectivity index (χ0n) is 11.8. The predicted octanol–water partition coefficient (Wildman–Crippen LogP) is 2.52. The zero-order chi connectivity index (χ0) is 16.9. The van der Waals surface area contributed by atoms with Crippen LogP contribution in [-0.4, -0.2) is 30.6 Å². The highest BCUT2D eigenvalue weighted by Gasteiger charge is 2.15. The molecule has 23 heavy (non-hydrogen) atoms. The molecular formula is C14H13N3O5S. The van der Waals surface area contributed by atoms with Gasteiger partial charge in [0.1, 0.15) is 17.1 Å². The van der Waals surface area contributed by atoms with E-state index >= 15 is 0 Å². The zero-order valence-corrected chi connectivity index (χ0v) is 12.6. The van der Waals surface area contributed by atoms with E-state index in [1.54, 1.807) is 30.3 Å². The Morgan fingerprint density at radius 3 is 2.26 bits per heavy atom. The fourth-order valence-corrected chi connectivity index (χ4v) is 2.39. The number of carbonyl (C=O) groups is 1. The Labute approximate surface area is 132 Å². The molecule has 0 unspecified atom stereocenters. The van der Waals surface area contributed by atoms with Gasteiger partial charge in [-0.3, -0.25) is 9.35 Å².